The van der Waals surface area contributed by atoms with E-state index in [0.29, 0.717) is 12.8 Å². The lowest BCUT2D eigenvalue weighted by Gasteiger charge is -2.25. The van der Waals surface area contributed by atoms with Crippen LogP contribution < -0.4 is 11.5 Å². The first-order chi connectivity index (χ1) is 9.18. The van der Waals surface area contributed by atoms with E-state index in [1.165, 1.54) is 11.8 Å². The Morgan fingerprint density at radius 3 is 2.55 bits per heavy atom. The van der Waals surface area contributed by atoms with Crippen LogP contribution >= 0.6 is 0 Å². The highest BCUT2D eigenvalue weighted by atomic mass is 16.4. The summed E-state index contributed by atoms with van der Waals surface area (Å²) in [4.78, 5) is 24.6. The maximum Gasteiger partial charge on any atom is 0.451 e. The molecule has 0 spiro atoms. The first-order valence-corrected chi connectivity index (χ1v) is 6.61. The zero-order valence-electron chi connectivity index (χ0n) is 11.5. The second-order valence-electron chi connectivity index (χ2n) is 5.46. The molecule has 0 radical (unpaired) electrons. The van der Waals surface area contributed by atoms with Crippen LogP contribution in [0.4, 0.5) is 0 Å². The van der Waals surface area contributed by atoms with E-state index in [1.54, 1.807) is 0 Å². The van der Waals surface area contributed by atoms with E-state index in [1.807, 2.05) is 0 Å². The topological polar surface area (TPSA) is 150 Å². The number of carbonyl (C=O) groups is 2. The van der Waals surface area contributed by atoms with Crippen LogP contribution in [0, 0.1) is 5.92 Å². The molecular weight excluding hydrogens is 265 g/mol. The van der Waals surface area contributed by atoms with Crippen molar-refractivity contribution in [3.63, 3.8) is 0 Å². The van der Waals surface area contributed by atoms with Gasteiger partial charge in [-0.3, -0.25) is 9.59 Å². The highest BCUT2D eigenvalue weighted by Crippen LogP contribution is 2.30. The average Bonchev–Trinajstić information content (AvgIpc) is 2.67. The van der Waals surface area contributed by atoms with Crippen molar-refractivity contribution in [2.75, 3.05) is 13.1 Å². The lowest BCUT2D eigenvalue weighted by molar-refractivity contribution is -0.144. The van der Waals surface area contributed by atoms with Crippen molar-refractivity contribution in [3.8, 4) is 0 Å². The molecule has 8 nitrogen and oxygen atoms in total. The number of nitrogens with two attached hydrogens (primary N) is 2. The van der Waals surface area contributed by atoms with E-state index < -0.39 is 30.6 Å². The highest BCUT2D eigenvalue weighted by molar-refractivity contribution is 6.40. The molecule has 0 bridgehead atoms. The molecule has 0 saturated carbocycles. The molecule has 20 heavy (non-hydrogen) atoms. The Morgan fingerprint density at radius 1 is 1.50 bits per heavy atom. The molecule has 1 heterocycles. The fraction of sp³-hybridized carbons (Fsp3) is 0.818. The van der Waals surface area contributed by atoms with Crippen molar-refractivity contribution in [1.82, 2.24) is 4.90 Å². The maximum atomic E-state index is 11.9. The van der Waals surface area contributed by atoms with Crippen molar-refractivity contribution < 1.29 is 24.7 Å². The number of amides is 1. The Labute approximate surface area is 117 Å². The van der Waals surface area contributed by atoms with Crippen LogP contribution in [0.2, 0.25) is 6.32 Å². The minimum Gasteiger partial charge on any atom is -0.480 e. The number of aliphatic carboxylic acids is 1. The Bertz CT molecular complexity index is 379. The van der Waals surface area contributed by atoms with E-state index in [2.05, 4.69) is 0 Å². The molecule has 9 heteroatoms. The molecule has 3 atom stereocenters. The fourth-order valence-electron chi connectivity index (χ4n) is 2.53. The molecule has 0 aromatic heterocycles. The van der Waals surface area contributed by atoms with Gasteiger partial charge in [0, 0.05) is 19.0 Å². The molecule has 1 aliphatic rings. The highest BCUT2D eigenvalue weighted by Gasteiger charge is 2.50. The average molecular weight is 287 g/mol. The number of nitrogens with zero attached hydrogens (tertiary/aromatic N) is 1. The second kappa shape index (κ2) is 6.53. The molecule has 0 aromatic rings. The molecule has 1 aliphatic heterocycles. The molecular formula is C11H22BN3O5. The summed E-state index contributed by atoms with van der Waals surface area (Å²) in [5.74, 6) is -1.92. The van der Waals surface area contributed by atoms with Crippen LogP contribution in [0.15, 0.2) is 0 Å². The summed E-state index contributed by atoms with van der Waals surface area (Å²) in [6.07, 6.45) is 0.978. The van der Waals surface area contributed by atoms with Crippen LogP contribution in [0.5, 0.6) is 0 Å². The molecule has 0 aliphatic carbocycles. The summed E-state index contributed by atoms with van der Waals surface area (Å²) in [6, 6.07) is -0.703. The van der Waals surface area contributed by atoms with Gasteiger partial charge in [-0.2, -0.15) is 0 Å². The van der Waals surface area contributed by atoms with Gasteiger partial charge in [0.15, 0.2) is 0 Å². The van der Waals surface area contributed by atoms with Gasteiger partial charge in [-0.25, -0.2) is 0 Å². The SMILES string of the molecule is CC(N)C(=O)N1C[C@H](CCCB(O)O)[C@](N)(C(=O)O)C1. The third kappa shape index (κ3) is 3.69. The van der Waals surface area contributed by atoms with Gasteiger partial charge in [0.1, 0.15) is 5.54 Å². The lowest BCUT2D eigenvalue weighted by atomic mass is 9.78. The Morgan fingerprint density at radius 2 is 2.10 bits per heavy atom. The molecule has 114 valence electrons. The molecule has 1 rings (SSSR count). The van der Waals surface area contributed by atoms with Gasteiger partial charge < -0.3 is 31.5 Å². The van der Waals surface area contributed by atoms with Crippen LogP contribution in [0.25, 0.3) is 0 Å². The van der Waals surface area contributed by atoms with Gasteiger partial charge in [0.2, 0.25) is 5.91 Å². The van der Waals surface area contributed by atoms with Gasteiger partial charge in [0.05, 0.1) is 6.04 Å². The van der Waals surface area contributed by atoms with Crippen LogP contribution in [-0.2, 0) is 9.59 Å². The number of hydrogen-bond acceptors (Lipinski definition) is 6. The predicted molar refractivity (Wildman–Crippen MR) is 72.5 cm³/mol. The standard InChI is InChI=1S/C11H22BN3O5/c1-7(13)9(16)15-5-8(3-2-4-12(19)20)11(14,6-15)10(17)18/h7-8,19-20H,2-6,13-14H2,1H3,(H,17,18)/t7?,8-,11-/m0/s1. The number of rotatable bonds is 6. The van der Waals surface area contributed by atoms with Crippen molar-refractivity contribution in [3.05, 3.63) is 0 Å². The monoisotopic (exact) mass is 287 g/mol. The van der Waals surface area contributed by atoms with E-state index in [0.717, 1.165) is 0 Å². The molecule has 1 unspecified atom stereocenters. The Hall–Kier alpha value is -1.16. The summed E-state index contributed by atoms with van der Waals surface area (Å²) >= 11 is 0. The summed E-state index contributed by atoms with van der Waals surface area (Å²) in [5, 5.41) is 26.9. The summed E-state index contributed by atoms with van der Waals surface area (Å²) in [7, 11) is -1.42. The van der Waals surface area contributed by atoms with E-state index in [-0.39, 0.29) is 25.3 Å². The minimum absolute atomic E-state index is 0.0744. The van der Waals surface area contributed by atoms with E-state index in [4.69, 9.17) is 21.5 Å². The maximum absolute atomic E-state index is 11.9. The molecule has 1 fully saturated rings. The van der Waals surface area contributed by atoms with E-state index in [9.17, 15) is 14.7 Å². The number of carboxylic acid groups (broad SMARTS) is 1. The summed E-state index contributed by atoms with van der Waals surface area (Å²) < 4.78 is 0. The van der Waals surface area contributed by atoms with Gasteiger partial charge >= 0.3 is 13.1 Å². The zero-order valence-corrected chi connectivity index (χ0v) is 11.5. The number of hydrogen-bond donors (Lipinski definition) is 5. The lowest BCUT2D eigenvalue weighted by Crippen LogP contribution is -2.55. The van der Waals surface area contributed by atoms with Crippen molar-refractivity contribution in [2.24, 2.45) is 17.4 Å². The van der Waals surface area contributed by atoms with Crippen molar-refractivity contribution in [1.29, 1.82) is 0 Å². The third-order valence-electron chi connectivity index (χ3n) is 3.74. The predicted octanol–water partition coefficient (Wildman–Crippen LogP) is -2.17. The quantitative estimate of drug-likeness (QED) is 0.349. The van der Waals surface area contributed by atoms with E-state index >= 15 is 0 Å². The van der Waals surface area contributed by atoms with Gasteiger partial charge in [-0.05, 0) is 19.7 Å². The molecule has 1 saturated heterocycles. The first-order valence-electron chi connectivity index (χ1n) is 6.61. The Balaban J connectivity index is 2.74. The van der Waals surface area contributed by atoms with Crippen LogP contribution in [0.1, 0.15) is 19.8 Å². The largest absolute Gasteiger partial charge is 0.480 e. The number of carbonyl (C=O) groups excluding carboxylic acids is 1. The third-order valence-corrected chi connectivity index (χ3v) is 3.74. The molecule has 0 aromatic carbocycles. The minimum atomic E-state index is -1.51. The van der Waals surface area contributed by atoms with Gasteiger partial charge in [0.25, 0.3) is 0 Å². The molecule has 7 N–H and O–H groups in total. The van der Waals surface area contributed by atoms with Crippen LogP contribution in [-0.4, -0.2) is 63.7 Å². The number of likely N-dealkylation sites (tertiary alicyclic amines) is 1. The number of carboxylic acids is 1. The smallest absolute Gasteiger partial charge is 0.451 e. The zero-order chi connectivity index (χ0) is 15.5. The summed E-state index contributed by atoms with van der Waals surface area (Å²) in [6.45, 7) is 1.69. The van der Waals surface area contributed by atoms with Crippen molar-refractivity contribution >= 4 is 19.0 Å². The first kappa shape index (κ1) is 16.9. The summed E-state index contributed by atoms with van der Waals surface area (Å²) in [5.41, 5.74) is 9.94. The fourth-order valence-corrected chi connectivity index (χ4v) is 2.53. The van der Waals surface area contributed by atoms with Crippen molar-refractivity contribution in [2.45, 2.75) is 37.7 Å². The second-order valence-corrected chi connectivity index (χ2v) is 5.46. The normalized spacial score (nSPS) is 27.4. The van der Waals surface area contributed by atoms with Gasteiger partial charge in [-0.1, -0.05) is 6.42 Å². The van der Waals surface area contributed by atoms with Crippen LogP contribution in [0.3, 0.4) is 0 Å². The Kier molecular flexibility index (Phi) is 5.52. The van der Waals surface area contributed by atoms with Gasteiger partial charge in [-0.15, -0.1) is 0 Å². The molecule has 1 amide bonds.